The summed E-state index contributed by atoms with van der Waals surface area (Å²) in [6.07, 6.45) is 1.23. The molecule has 0 spiro atoms. The van der Waals surface area contributed by atoms with E-state index in [9.17, 15) is 19.2 Å². The zero-order valence-corrected chi connectivity index (χ0v) is 19.1. The maximum absolute atomic E-state index is 12.8. The standard InChI is InChI=1S/C25H28N4O4/c1-16(29-24(32)20-6-4-5-7-21(20)25(29)33)22(30)26-18-12-14-28(15-13-18)23(31)17-8-10-19(11-9-17)27(2)3/h4-11,16,18H,12-15H2,1-3H3,(H,26,30). The summed E-state index contributed by atoms with van der Waals surface area (Å²) >= 11 is 0. The molecule has 172 valence electrons. The molecule has 1 N–H and O–H groups in total. The summed E-state index contributed by atoms with van der Waals surface area (Å²) in [4.78, 5) is 55.7. The molecule has 8 nitrogen and oxygen atoms in total. The number of piperidine rings is 1. The zero-order valence-electron chi connectivity index (χ0n) is 19.1. The van der Waals surface area contributed by atoms with Crippen molar-refractivity contribution in [2.45, 2.75) is 31.8 Å². The van der Waals surface area contributed by atoms with Gasteiger partial charge in [-0.15, -0.1) is 0 Å². The minimum absolute atomic E-state index is 0.0236. The molecule has 0 bridgehead atoms. The van der Waals surface area contributed by atoms with Crippen LogP contribution < -0.4 is 10.2 Å². The number of carbonyl (C=O) groups excluding carboxylic acids is 4. The normalized spacial score (nSPS) is 17.1. The summed E-state index contributed by atoms with van der Waals surface area (Å²) in [5.41, 5.74) is 2.32. The number of rotatable bonds is 5. The molecule has 1 saturated heterocycles. The first kappa shape index (κ1) is 22.5. The fraction of sp³-hybridized carbons (Fsp3) is 0.360. The molecule has 1 atom stereocenters. The van der Waals surface area contributed by atoms with E-state index in [-0.39, 0.29) is 17.9 Å². The Morgan fingerprint density at radius 1 is 0.939 bits per heavy atom. The van der Waals surface area contributed by atoms with E-state index in [0.717, 1.165) is 10.6 Å². The largest absolute Gasteiger partial charge is 0.378 e. The van der Waals surface area contributed by atoms with E-state index in [4.69, 9.17) is 0 Å². The van der Waals surface area contributed by atoms with E-state index in [1.54, 1.807) is 36.1 Å². The van der Waals surface area contributed by atoms with E-state index < -0.39 is 17.9 Å². The smallest absolute Gasteiger partial charge is 0.262 e. The molecule has 4 rings (SSSR count). The molecule has 4 amide bonds. The van der Waals surface area contributed by atoms with Gasteiger partial charge in [0.1, 0.15) is 6.04 Å². The number of amides is 4. The second kappa shape index (κ2) is 9.05. The molecule has 0 aliphatic carbocycles. The number of fused-ring (bicyclic) bond motifs is 1. The van der Waals surface area contributed by atoms with Crippen LogP contribution in [-0.4, -0.2) is 72.7 Å². The van der Waals surface area contributed by atoms with Crippen molar-refractivity contribution in [3.05, 3.63) is 65.2 Å². The minimum Gasteiger partial charge on any atom is -0.378 e. The Morgan fingerprint density at radius 3 is 2.00 bits per heavy atom. The van der Waals surface area contributed by atoms with Gasteiger partial charge < -0.3 is 15.1 Å². The van der Waals surface area contributed by atoms with E-state index >= 15 is 0 Å². The van der Waals surface area contributed by atoms with Gasteiger partial charge >= 0.3 is 0 Å². The lowest BCUT2D eigenvalue weighted by molar-refractivity contribution is -0.125. The maximum atomic E-state index is 12.8. The lowest BCUT2D eigenvalue weighted by Gasteiger charge is -2.33. The third-order valence-corrected chi connectivity index (χ3v) is 6.35. The first-order chi connectivity index (χ1) is 15.8. The third kappa shape index (κ3) is 4.33. The van der Waals surface area contributed by atoms with Gasteiger partial charge in [-0.05, 0) is 56.2 Å². The van der Waals surface area contributed by atoms with Crippen molar-refractivity contribution in [2.24, 2.45) is 0 Å². The van der Waals surface area contributed by atoms with Gasteiger partial charge in [-0.1, -0.05) is 12.1 Å². The topological polar surface area (TPSA) is 90.0 Å². The molecule has 0 saturated carbocycles. The highest BCUT2D eigenvalue weighted by Crippen LogP contribution is 2.25. The van der Waals surface area contributed by atoms with E-state index in [1.807, 2.05) is 43.3 Å². The molecule has 0 radical (unpaired) electrons. The lowest BCUT2D eigenvalue weighted by Crippen LogP contribution is -2.53. The summed E-state index contributed by atoms with van der Waals surface area (Å²) in [5.74, 6) is -1.28. The van der Waals surface area contributed by atoms with Crippen LogP contribution in [0.25, 0.3) is 0 Å². The van der Waals surface area contributed by atoms with E-state index in [1.165, 1.54) is 0 Å². The number of hydrogen-bond acceptors (Lipinski definition) is 5. The number of anilines is 1. The van der Waals surface area contributed by atoms with Crippen LogP contribution in [0, 0.1) is 0 Å². The van der Waals surface area contributed by atoms with Crippen LogP contribution in [-0.2, 0) is 4.79 Å². The monoisotopic (exact) mass is 448 g/mol. The van der Waals surface area contributed by atoms with Crippen molar-refractivity contribution < 1.29 is 19.2 Å². The summed E-state index contributed by atoms with van der Waals surface area (Å²) in [6, 6.07) is 13.1. The highest BCUT2D eigenvalue weighted by molar-refractivity contribution is 6.22. The molecule has 2 aliphatic heterocycles. The number of likely N-dealkylation sites (tertiary alicyclic amines) is 1. The Bertz CT molecular complexity index is 1050. The highest BCUT2D eigenvalue weighted by Gasteiger charge is 2.41. The summed E-state index contributed by atoms with van der Waals surface area (Å²) in [7, 11) is 3.90. The average molecular weight is 449 g/mol. The Balaban J connectivity index is 1.32. The highest BCUT2D eigenvalue weighted by atomic mass is 16.2. The number of nitrogens with one attached hydrogen (secondary N) is 1. The fourth-order valence-corrected chi connectivity index (χ4v) is 4.31. The van der Waals surface area contributed by atoms with Crippen molar-refractivity contribution in [2.75, 3.05) is 32.1 Å². The molecular weight excluding hydrogens is 420 g/mol. The van der Waals surface area contributed by atoms with Crippen LogP contribution >= 0.6 is 0 Å². The molecule has 2 heterocycles. The van der Waals surface area contributed by atoms with Crippen molar-refractivity contribution in [3.8, 4) is 0 Å². The van der Waals surface area contributed by atoms with Crippen LogP contribution in [0.2, 0.25) is 0 Å². The number of benzene rings is 2. The van der Waals surface area contributed by atoms with Crippen molar-refractivity contribution in [3.63, 3.8) is 0 Å². The number of nitrogens with zero attached hydrogens (tertiary/aromatic N) is 3. The van der Waals surface area contributed by atoms with Crippen molar-refractivity contribution >= 4 is 29.3 Å². The Hall–Kier alpha value is -3.68. The molecule has 33 heavy (non-hydrogen) atoms. The lowest BCUT2D eigenvalue weighted by atomic mass is 10.0. The van der Waals surface area contributed by atoms with Gasteiger partial charge in [0.2, 0.25) is 5.91 Å². The van der Waals surface area contributed by atoms with Gasteiger partial charge in [0.15, 0.2) is 0 Å². The Morgan fingerprint density at radius 2 is 1.48 bits per heavy atom. The van der Waals surface area contributed by atoms with Crippen molar-refractivity contribution in [1.82, 2.24) is 15.1 Å². The summed E-state index contributed by atoms with van der Waals surface area (Å²) in [5, 5.41) is 2.95. The Kier molecular flexibility index (Phi) is 6.18. The molecule has 8 heteroatoms. The number of carbonyl (C=O) groups is 4. The molecule has 1 unspecified atom stereocenters. The van der Waals surface area contributed by atoms with Gasteiger partial charge in [-0.25, -0.2) is 0 Å². The van der Waals surface area contributed by atoms with Gasteiger partial charge in [0.25, 0.3) is 17.7 Å². The Labute approximate surface area is 193 Å². The van der Waals surface area contributed by atoms with Crippen LogP contribution in [0.5, 0.6) is 0 Å². The maximum Gasteiger partial charge on any atom is 0.262 e. The predicted molar refractivity (Wildman–Crippen MR) is 124 cm³/mol. The zero-order chi connectivity index (χ0) is 23.7. The van der Waals surface area contributed by atoms with Crippen LogP contribution in [0.3, 0.4) is 0 Å². The second-order valence-electron chi connectivity index (χ2n) is 8.72. The molecule has 2 aromatic rings. The first-order valence-corrected chi connectivity index (χ1v) is 11.1. The molecule has 0 aromatic heterocycles. The van der Waals surface area contributed by atoms with Gasteiger partial charge in [0, 0.05) is 44.5 Å². The first-order valence-electron chi connectivity index (χ1n) is 11.1. The van der Waals surface area contributed by atoms with Gasteiger partial charge in [-0.3, -0.25) is 24.1 Å². The number of imide groups is 1. The molecule has 2 aromatic carbocycles. The SMILES string of the molecule is CC(C(=O)NC1CCN(C(=O)c2ccc(N(C)C)cc2)CC1)N1C(=O)c2ccccc2C1=O. The van der Waals surface area contributed by atoms with E-state index in [2.05, 4.69) is 5.32 Å². The average Bonchev–Trinajstić information content (AvgIpc) is 3.08. The van der Waals surface area contributed by atoms with Crippen LogP contribution in [0.15, 0.2) is 48.5 Å². The van der Waals surface area contributed by atoms with Gasteiger partial charge in [-0.2, -0.15) is 0 Å². The predicted octanol–water partition coefficient (Wildman–Crippen LogP) is 2.16. The minimum atomic E-state index is -0.910. The third-order valence-electron chi connectivity index (χ3n) is 6.35. The second-order valence-corrected chi connectivity index (χ2v) is 8.72. The molecule has 2 aliphatic rings. The van der Waals surface area contributed by atoms with Crippen LogP contribution in [0.1, 0.15) is 50.8 Å². The van der Waals surface area contributed by atoms with Crippen molar-refractivity contribution in [1.29, 1.82) is 0 Å². The molecule has 1 fully saturated rings. The number of hydrogen-bond donors (Lipinski definition) is 1. The summed E-state index contributed by atoms with van der Waals surface area (Å²) in [6.45, 7) is 2.62. The van der Waals surface area contributed by atoms with E-state index in [0.29, 0.717) is 42.6 Å². The summed E-state index contributed by atoms with van der Waals surface area (Å²) < 4.78 is 0. The molecular formula is C25H28N4O4. The fourth-order valence-electron chi connectivity index (χ4n) is 4.31. The van der Waals surface area contributed by atoms with Gasteiger partial charge in [0.05, 0.1) is 11.1 Å². The van der Waals surface area contributed by atoms with Crippen LogP contribution in [0.4, 0.5) is 5.69 Å². The quantitative estimate of drug-likeness (QED) is 0.708.